The van der Waals surface area contributed by atoms with Crippen molar-refractivity contribution in [2.75, 3.05) is 5.73 Å². The van der Waals surface area contributed by atoms with Gasteiger partial charge in [0.25, 0.3) is 0 Å². The highest BCUT2D eigenvalue weighted by Gasteiger charge is 2.31. The second-order valence-corrected chi connectivity index (χ2v) is 5.29. The van der Waals surface area contributed by atoms with Crippen LogP contribution < -0.4 is 5.73 Å². The third-order valence-electron chi connectivity index (χ3n) is 3.35. The molecule has 0 saturated heterocycles. The molecule has 5 heteroatoms. The van der Waals surface area contributed by atoms with Crippen LogP contribution in [-0.2, 0) is 0 Å². The number of fused-ring (bicyclic) bond motifs is 3. The number of nitrogen functional groups attached to an aromatic ring is 1. The predicted octanol–water partition coefficient (Wildman–Crippen LogP) is 2.79. The number of halogens is 1. The molecule has 0 aromatic heterocycles. The number of aliphatic hydroxyl groups excluding tert-OH is 1. The van der Waals surface area contributed by atoms with E-state index in [0.29, 0.717) is 32.4 Å². The molecule has 2 aromatic carbocycles. The second kappa shape index (κ2) is 4.08. The number of aromatic carboxylic acids is 1. The first kappa shape index (κ1) is 12.2. The van der Waals surface area contributed by atoms with Crippen LogP contribution in [0.4, 0.5) is 5.69 Å². The average molecular weight is 320 g/mol. The molecule has 0 heterocycles. The molecule has 1 aliphatic rings. The molecule has 0 amide bonds. The molecule has 1 aliphatic carbocycles. The van der Waals surface area contributed by atoms with Gasteiger partial charge in [-0.2, -0.15) is 0 Å². The Balaban J connectivity index is 2.38. The van der Waals surface area contributed by atoms with Crippen LogP contribution in [0.15, 0.2) is 34.8 Å². The van der Waals surface area contributed by atoms with Crippen LogP contribution in [0.1, 0.15) is 27.6 Å². The van der Waals surface area contributed by atoms with Gasteiger partial charge in [-0.1, -0.05) is 12.1 Å². The lowest BCUT2D eigenvalue weighted by Gasteiger charge is -2.07. The molecule has 0 aliphatic heterocycles. The molecule has 0 bridgehead atoms. The first-order valence-corrected chi connectivity index (χ1v) is 6.43. The van der Waals surface area contributed by atoms with Crippen molar-refractivity contribution < 1.29 is 15.0 Å². The number of carbonyl (C=O) groups is 1. The summed E-state index contributed by atoms with van der Waals surface area (Å²) in [6, 6.07) is 8.33. The van der Waals surface area contributed by atoms with E-state index < -0.39 is 12.1 Å². The molecular weight excluding hydrogens is 310 g/mol. The minimum Gasteiger partial charge on any atom is -0.478 e. The van der Waals surface area contributed by atoms with E-state index in [1.165, 1.54) is 6.07 Å². The van der Waals surface area contributed by atoms with Crippen molar-refractivity contribution in [3.63, 3.8) is 0 Å². The van der Waals surface area contributed by atoms with Gasteiger partial charge in [0.15, 0.2) is 0 Å². The molecule has 4 nitrogen and oxygen atoms in total. The fourth-order valence-corrected chi connectivity index (χ4v) is 2.84. The number of carboxylic acids is 1. The van der Waals surface area contributed by atoms with Gasteiger partial charge in [-0.25, -0.2) is 4.79 Å². The molecule has 3 rings (SSSR count). The predicted molar refractivity (Wildman–Crippen MR) is 75.0 cm³/mol. The number of aliphatic hydroxyl groups is 1. The summed E-state index contributed by atoms with van der Waals surface area (Å²) in [5.41, 5.74) is 9.04. The van der Waals surface area contributed by atoms with Crippen LogP contribution in [0.25, 0.3) is 11.1 Å². The summed E-state index contributed by atoms with van der Waals surface area (Å²) in [4.78, 5) is 11.3. The lowest BCUT2D eigenvalue weighted by Crippen LogP contribution is -2.00. The summed E-state index contributed by atoms with van der Waals surface area (Å²) in [6.07, 6.45) is -0.834. The van der Waals surface area contributed by atoms with Crippen molar-refractivity contribution in [2.45, 2.75) is 6.10 Å². The minimum atomic E-state index is -1.01. The molecule has 96 valence electrons. The SMILES string of the molecule is Nc1cc2c(cc1Br)-c1c(C(=O)O)cccc1[C@@H]2O. The van der Waals surface area contributed by atoms with Crippen LogP contribution in [0, 0.1) is 0 Å². The molecule has 0 radical (unpaired) electrons. The zero-order valence-electron chi connectivity index (χ0n) is 9.72. The Morgan fingerprint density at radius 3 is 2.68 bits per heavy atom. The number of hydrogen-bond donors (Lipinski definition) is 3. The highest BCUT2D eigenvalue weighted by Crippen LogP contribution is 2.47. The van der Waals surface area contributed by atoms with Crippen LogP contribution in [0.2, 0.25) is 0 Å². The minimum absolute atomic E-state index is 0.187. The zero-order chi connectivity index (χ0) is 13.7. The van der Waals surface area contributed by atoms with Crippen molar-refractivity contribution in [3.05, 3.63) is 51.5 Å². The van der Waals surface area contributed by atoms with E-state index in [1.807, 2.05) is 0 Å². The van der Waals surface area contributed by atoms with Gasteiger partial charge in [0.1, 0.15) is 6.10 Å². The summed E-state index contributed by atoms with van der Waals surface area (Å²) in [7, 11) is 0. The van der Waals surface area contributed by atoms with Gasteiger partial charge in [0.2, 0.25) is 0 Å². The Morgan fingerprint density at radius 1 is 1.26 bits per heavy atom. The van der Waals surface area contributed by atoms with E-state index >= 15 is 0 Å². The summed E-state index contributed by atoms with van der Waals surface area (Å²) in [5.74, 6) is -1.01. The summed E-state index contributed by atoms with van der Waals surface area (Å²) in [6.45, 7) is 0. The summed E-state index contributed by atoms with van der Waals surface area (Å²) < 4.78 is 0.687. The van der Waals surface area contributed by atoms with Gasteiger partial charge in [-0.05, 0) is 50.8 Å². The number of rotatable bonds is 1. The van der Waals surface area contributed by atoms with Crippen molar-refractivity contribution in [1.82, 2.24) is 0 Å². The highest BCUT2D eigenvalue weighted by molar-refractivity contribution is 9.10. The number of benzene rings is 2. The van der Waals surface area contributed by atoms with Gasteiger partial charge in [0.05, 0.1) is 5.56 Å². The fourth-order valence-electron chi connectivity index (χ4n) is 2.49. The van der Waals surface area contributed by atoms with E-state index in [0.717, 1.165) is 0 Å². The molecule has 1 atom stereocenters. The molecular formula is C14H10BrNO3. The quantitative estimate of drug-likeness (QED) is 0.706. The molecule has 0 fully saturated rings. The monoisotopic (exact) mass is 319 g/mol. The largest absolute Gasteiger partial charge is 0.478 e. The molecule has 19 heavy (non-hydrogen) atoms. The van der Waals surface area contributed by atoms with Crippen molar-refractivity contribution in [3.8, 4) is 11.1 Å². The molecule has 2 aromatic rings. The van der Waals surface area contributed by atoms with Crippen LogP contribution in [0.3, 0.4) is 0 Å². The summed E-state index contributed by atoms with van der Waals surface area (Å²) >= 11 is 3.33. The zero-order valence-corrected chi connectivity index (χ0v) is 11.3. The van der Waals surface area contributed by atoms with Crippen molar-refractivity contribution in [2.24, 2.45) is 0 Å². The lowest BCUT2D eigenvalue weighted by atomic mass is 9.99. The molecule has 4 N–H and O–H groups in total. The van der Waals surface area contributed by atoms with Gasteiger partial charge >= 0.3 is 5.97 Å². The summed E-state index contributed by atoms with van der Waals surface area (Å²) in [5, 5.41) is 19.6. The normalized spacial score (nSPS) is 16.0. The van der Waals surface area contributed by atoms with Gasteiger partial charge in [-0.15, -0.1) is 0 Å². The first-order valence-electron chi connectivity index (χ1n) is 5.64. The van der Waals surface area contributed by atoms with E-state index in [4.69, 9.17) is 5.73 Å². The Hall–Kier alpha value is -1.85. The topological polar surface area (TPSA) is 83.6 Å². The number of anilines is 1. The Labute approximate surface area is 117 Å². The smallest absolute Gasteiger partial charge is 0.336 e. The second-order valence-electron chi connectivity index (χ2n) is 4.44. The molecule has 0 unspecified atom stereocenters. The first-order chi connectivity index (χ1) is 9.00. The standard InChI is InChI=1S/C14H10BrNO3/c15-10-4-8-9(5-11(10)16)13(17)6-2-1-3-7(12(6)8)14(18)19/h1-5,13,17H,16H2,(H,18,19)/t13-/m0/s1. The van der Waals surface area contributed by atoms with E-state index in [2.05, 4.69) is 15.9 Å². The van der Waals surface area contributed by atoms with E-state index in [9.17, 15) is 15.0 Å². The number of nitrogens with two attached hydrogens (primary N) is 1. The number of carboxylic acid groups (broad SMARTS) is 1. The third-order valence-corrected chi connectivity index (χ3v) is 4.04. The van der Waals surface area contributed by atoms with Gasteiger partial charge < -0.3 is 15.9 Å². The third kappa shape index (κ3) is 1.66. The van der Waals surface area contributed by atoms with Gasteiger partial charge in [-0.3, -0.25) is 0 Å². The van der Waals surface area contributed by atoms with Crippen LogP contribution in [0.5, 0.6) is 0 Å². The maximum atomic E-state index is 11.3. The Kier molecular flexibility index (Phi) is 2.62. The van der Waals surface area contributed by atoms with Crippen LogP contribution in [-0.4, -0.2) is 16.2 Å². The van der Waals surface area contributed by atoms with Crippen molar-refractivity contribution in [1.29, 1.82) is 0 Å². The van der Waals surface area contributed by atoms with Crippen molar-refractivity contribution >= 4 is 27.6 Å². The lowest BCUT2D eigenvalue weighted by molar-refractivity contribution is 0.0697. The fraction of sp³-hybridized carbons (Fsp3) is 0.0714. The highest BCUT2D eigenvalue weighted by atomic mass is 79.9. The average Bonchev–Trinajstić information content (AvgIpc) is 2.64. The van der Waals surface area contributed by atoms with E-state index in [-0.39, 0.29) is 5.56 Å². The Bertz CT molecular complexity index is 712. The maximum Gasteiger partial charge on any atom is 0.336 e. The molecule has 0 saturated carbocycles. The van der Waals surface area contributed by atoms with Crippen LogP contribution >= 0.6 is 15.9 Å². The Morgan fingerprint density at radius 2 is 2.00 bits per heavy atom. The van der Waals surface area contributed by atoms with Gasteiger partial charge in [0, 0.05) is 15.7 Å². The maximum absolute atomic E-state index is 11.3. The molecule has 0 spiro atoms. The van der Waals surface area contributed by atoms with E-state index in [1.54, 1.807) is 24.3 Å². The number of hydrogen-bond acceptors (Lipinski definition) is 3.